The summed E-state index contributed by atoms with van der Waals surface area (Å²) >= 11 is 6.28. The lowest BCUT2D eigenvalue weighted by Crippen LogP contribution is -2.55. The summed E-state index contributed by atoms with van der Waals surface area (Å²) in [5.74, 6) is 0.0642. The fourth-order valence-corrected chi connectivity index (χ4v) is 2.28. The summed E-state index contributed by atoms with van der Waals surface area (Å²) in [5, 5.41) is -0.0440. The van der Waals surface area contributed by atoms with Crippen molar-refractivity contribution in [2.24, 2.45) is 0 Å². The van der Waals surface area contributed by atoms with E-state index in [1.165, 1.54) is 11.8 Å². The fourth-order valence-electron chi connectivity index (χ4n) is 0.920. The van der Waals surface area contributed by atoms with Crippen molar-refractivity contribution in [3.8, 4) is 0 Å². The highest BCUT2D eigenvalue weighted by Crippen LogP contribution is 2.26. The lowest BCUT2D eigenvalue weighted by molar-refractivity contribution is -0.117. The molecule has 0 saturated heterocycles. The van der Waals surface area contributed by atoms with Gasteiger partial charge in [-0.3, -0.25) is 4.79 Å². The van der Waals surface area contributed by atoms with Crippen molar-refractivity contribution in [3.63, 3.8) is 0 Å². The topological polar surface area (TPSA) is 26.3 Å². The van der Waals surface area contributed by atoms with Crippen molar-refractivity contribution in [1.82, 2.24) is 0 Å². The summed E-state index contributed by atoms with van der Waals surface area (Å²) in [7, 11) is 1.58. The van der Waals surface area contributed by atoms with Gasteiger partial charge in [-0.05, 0) is 6.26 Å². The maximum absolute atomic E-state index is 10.9. The molecule has 0 radical (unpaired) electrons. The molecule has 2 unspecified atom stereocenters. The van der Waals surface area contributed by atoms with E-state index in [4.69, 9.17) is 17.0 Å². The van der Waals surface area contributed by atoms with Gasteiger partial charge >= 0.3 is 0 Å². The van der Waals surface area contributed by atoms with Crippen LogP contribution in [0.15, 0.2) is 0 Å². The second-order valence-corrected chi connectivity index (χ2v) is 3.46. The van der Waals surface area contributed by atoms with E-state index in [-0.39, 0.29) is 17.1 Å². The summed E-state index contributed by atoms with van der Waals surface area (Å²) < 4.78 is 4.99. The molecule has 2 atom stereocenters. The van der Waals surface area contributed by atoms with Crippen molar-refractivity contribution < 1.29 is 9.53 Å². The third-order valence-electron chi connectivity index (χ3n) is 1.54. The Hall–Kier alpha value is 0.0700. The van der Waals surface area contributed by atoms with Gasteiger partial charge in [0.2, 0.25) is 0 Å². The van der Waals surface area contributed by atoms with Crippen LogP contribution in [0.3, 0.4) is 0 Å². The fraction of sp³-hybridized carbons (Fsp3) is 0.667. The molecule has 1 saturated carbocycles. The van der Waals surface area contributed by atoms with Gasteiger partial charge in [-0.2, -0.15) is 11.8 Å². The predicted molar refractivity (Wildman–Crippen MR) is 45.7 cm³/mol. The molecule has 0 amide bonds. The third kappa shape index (κ3) is 1.00. The van der Waals surface area contributed by atoms with Crippen LogP contribution in [0.5, 0.6) is 0 Å². The van der Waals surface area contributed by atoms with Crippen molar-refractivity contribution in [3.05, 3.63) is 0 Å². The van der Waals surface area contributed by atoms with Gasteiger partial charge in [0, 0.05) is 7.11 Å². The average molecular weight is 176 g/mol. The van der Waals surface area contributed by atoms with Gasteiger partial charge in [-0.15, -0.1) is 0 Å². The largest absolute Gasteiger partial charge is 0.374 e. The first-order chi connectivity index (χ1) is 4.72. The molecule has 1 rings (SSSR count). The van der Waals surface area contributed by atoms with Crippen molar-refractivity contribution in [2.45, 2.75) is 11.4 Å². The van der Waals surface area contributed by atoms with Gasteiger partial charge in [0.05, 0.1) is 10.1 Å². The van der Waals surface area contributed by atoms with Gasteiger partial charge in [0.15, 0.2) is 5.78 Å². The van der Waals surface area contributed by atoms with Crippen LogP contribution in [0.25, 0.3) is 0 Å². The number of ketones is 1. The Labute approximate surface area is 69.3 Å². The van der Waals surface area contributed by atoms with Gasteiger partial charge < -0.3 is 4.74 Å². The van der Waals surface area contributed by atoms with E-state index >= 15 is 0 Å². The SMILES string of the molecule is COC1C(=S)C(=O)C1SC. The first-order valence-electron chi connectivity index (χ1n) is 2.86. The van der Waals surface area contributed by atoms with E-state index in [1.54, 1.807) is 7.11 Å². The highest BCUT2D eigenvalue weighted by atomic mass is 32.2. The number of ether oxygens (including phenoxy) is 1. The number of rotatable bonds is 2. The number of carbonyl (C=O) groups excluding carboxylic acids is 1. The molecule has 0 bridgehead atoms. The van der Waals surface area contributed by atoms with Gasteiger partial charge in [0.1, 0.15) is 6.10 Å². The molecule has 0 aromatic rings. The number of carbonyl (C=O) groups is 1. The van der Waals surface area contributed by atoms with E-state index in [9.17, 15) is 4.79 Å². The van der Waals surface area contributed by atoms with Crippen LogP contribution in [0.4, 0.5) is 0 Å². The van der Waals surface area contributed by atoms with Gasteiger partial charge in [-0.25, -0.2) is 0 Å². The second-order valence-electron chi connectivity index (χ2n) is 2.04. The molecule has 0 aromatic heterocycles. The summed E-state index contributed by atoms with van der Waals surface area (Å²) in [6.45, 7) is 0. The lowest BCUT2D eigenvalue weighted by atomic mass is 9.93. The molecule has 56 valence electrons. The molecule has 0 aliphatic heterocycles. The van der Waals surface area contributed by atoms with E-state index in [0.717, 1.165) is 0 Å². The summed E-state index contributed by atoms with van der Waals surface area (Å²) in [4.78, 5) is 11.4. The van der Waals surface area contributed by atoms with Gasteiger partial charge in [0.25, 0.3) is 0 Å². The number of hydrogen-bond donors (Lipinski definition) is 0. The number of hydrogen-bond acceptors (Lipinski definition) is 4. The molecule has 1 aliphatic rings. The summed E-state index contributed by atoms with van der Waals surface area (Å²) in [6.07, 6.45) is 1.77. The molecule has 4 heteroatoms. The minimum absolute atomic E-state index is 0.0440. The molecular formula is C6H8O2S2. The molecule has 0 spiro atoms. The zero-order valence-corrected chi connectivity index (χ0v) is 7.42. The molecule has 1 aliphatic carbocycles. The van der Waals surface area contributed by atoms with Crippen LogP contribution in [-0.2, 0) is 9.53 Å². The number of methoxy groups -OCH3 is 1. The zero-order chi connectivity index (χ0) is 7.72. The van der Waals surface area contributed by atoms with Crippen LogP contribution >= 0.6 is 24.0 Å². The molecule has 2 nitrogen and oxygen atoms in total. The van der Waals surface area contributed by atoms with Crippen LogP contribution < -0.4 is 0 Å². The minimum Gasteiger partial charge on any atom is -0.374 e. The van der Waals surface area contributed by atoms with E-state index in [1.807, 2.05) is 6.26 Å². The molecule has 0 N–H and O–H groups in total. The molecule has 1 fully saturated rings. The quantitative estimate of drug-likeness (QED) is 0.578. The summed E-state index contributed by atoms with van der Waals surface area (Å²) in [6, 6.07) is 0. The van der Waals surface area contributed by atoms with Crippen LogP contribution in [-0.4, -0.2) is 35.4 Å². The van der Waals surface area contributed by atoms with E-state index in [0.29, 0.717) is 4.86 Å². The Morgan fingerprint density at radius 3 is 2.60 bits per heavy atom. The summed E-state index contributed by atoms with van der Waals surface area (Å²) in [5.41, 5.74) is 0. The van der Waals surface area contributed by atoms with E-state index in [2.05, 4.69) is 0 Å². The van der Waals surface area contributed by atoms with Gasteiger partial charge in [-0.1, -0.05) is 12.2 Å². The normalized spacial score (nSPS) is 32.2. The maximum Gasteiger partial charge on any atom is 0.188 e. The standard InChI is InChI=1S/C6H8O2S2/c1-8-4-5(9)3(7)6(4)10-2/h4,6H,1-2H3. The average Bonchev–Trinajstić information content (AvgIpc) is 1.97. The van der Waals surface area contributed by atoms with Crippen molar-refractivity contribution in [2.75, 3.05) is 13.4 Å². The molecule has 10 heavy (non-hydrogen) atoms. The van der Waals surface area contributed by atoms with Crippen LogP contribution in [0.2, 0.25) is 0 Å². The highest BCUT2D eigenvalue weighted by molar-refractivity contribution is 8.00. The second kappa shape index (κ2) is 2.98. The Morgan fingerprint density at radius 1 is 1.70 bits per heavy atom. The Morgan fingerprint density at radius 2 is 2.30 bits per heavy atom. The van der Waals surface area contributed by atoms with Crippen molar-refractivity contribution in [1.29, 1.82) is 0 Å². The number of Topliss-reactive ketones (excluding diaryl/α,β-unsaturated/α-hetero) is 1. The van der Waals surface area contributed by atoms with Crippen LogP contribution in [0, 0.1) is 0 Å². The minimum atomic E-state index is -0.113. The molecule has 0 aromatic carbocycles. The molecule has 0 heterocycles. The first-order valence-corrected chi connectivity index (χ1v) is 4.55. The van der Waals surface area contributed by atoms with Crippen molar-refractivity contribution >= 4 is 34.6 Å². The predicted octanol–water partition coefficient (Wildman–Crippen LogP) is 0.686. The zero-order valence-electron chi connectivity index (χ0n) is 5.79. The first kappa shape index (κ1) is 8.17. The number of thiocarbonyl (C=S) groups is 1. The highest BCUT2D eigenvalue weighted by Gasteiger charge is 2.45. The number of thioether (sulfide) groups is 1. The van der Waals surface area contributed by atoms with E-state index < -0.39 is 0 Å². The Balaban J connectivity index is 2.60. The smallest absolute Gasteiger partial charge is 0.188 e. The Kier molecular flexibility index (Phi) is 2.44. The monoisotopic (exact) mass is 176 g/mol. The Bertz CT molecular complexity index is 159. The lowest BCUT2D eigenvalue weighted by Gasteiger charge is -2.32. The van der Waals surface area contributed by atoms with Crippen LogP contribution in [0.1, 0.15) is 0 Å². The molecular weight excluding hydrogens is 168 g/mol. The third-order valence-corrected chi connectivity index (χ3v) is 2.95. The maximum atomic E-state index is 10.9.